The Balaban J connectivity index is 3.15. The van der Waals surface area contributed by atoms with Gasteiger partial charge in [-0.15, -0.1) is 0 Å². The lowest BCUT2D eigenvalue weighted by Crippen LogP contribution is -2.21. The molecule has 0 unspecified atom stereocenters. The third-order valence-corrected chi connectivity index (χ3v) is 1.33. The van der Waals surface area contributed by atoms with E-state index < -0.39 is 11.2 Å². The average molecular weight is 152 g/mol. The van der Waals surface area contributed by atoms with Crippen molar-refractivity contribution in [2.24, 2.45) is 0 Å². The summed E-state index contributed by atoms with van der Waals surface area (Å²) in [5.41, 5.74) is -0.378. The number of rotatable bonds is 0. The summed E-state index contributed by atoms with van der Waals surface area (Å²) in [7, 11) is 0. The van der Waals surface area contributed by atoms with Crippen LogP contribution in [0.25, 0.3) is 11.0 Å². The fourth-order valence-corrected chi connectivity index (χ4v) is 0.874. The summed E-state index contributed by atoms with van der Waals surface area (Å²) >= 11 is 0. The van der Waals surface area contributed by atoms with Gasteiger partial charge in [-0.25, -0.2) is 4.79 Å². The topological polar surface area (TPSA) is 94.4 Å². The molecule has 6 nitrogen and oxygen atoms in total. The molecule has 0 aliphatic carbocycles. The number of H-pyrrole nitrogens is 3. The van der Waals surface area contributed by atoms with Gasteiger partial charge in [0.15, 0.2) is 5.52 Å². The number of fused-ring (bicyclic) bond motifs is 1. The van der Waals surface area contributed by atoms with Crippen LogP contribution >= 0.6 is 0 Å². The summed E-state index contributed by atoms with van der Waals surface area (Å²) in [6.45, 7) is 0. The highest BCUT2D eigenvalue weighted by Gasteiger charge is 2.00. The molecule has 2 aromatic rings. The molecule has 0 saturated heterocycles. The van der Waals surface area contributed by atoms with E-state index in [-0.39, 0.29) is 5.52 Å². The van der Waals surface area contributed by atoms with Gasteiger partial charge in [-0.1, -0.05) is 0 Å². The third kappa shape index (κ3) is 0.759. The van der Waals surface area contributed by atoms with E-state index in [1.54, 1.807) is 0 Å². The molecule has 11 heavy (non-hydrogen) atoms. The van der Waals surface area contributed by atoms with E-state index in [1.165, 1.54) is 6.20 Å². The van der Waals surface area contributed by atoms with Crippen molar-refractivity contribution in [3.8, 4) is 0 Å². The summed E-state index contributed by atoms with van der Waals surface area (Å²) in [5.74, 6) is 0. The van der Waals surface area contributed by atoms with Crippen LogP contribution in [0.15, 0.2) is 15.8 Å². The number of nitrogens with one attached hydrogen (secondary N) is 3. The van der Waals surface area contributed by atoms with Crippen LogP contribution in [0.2, 0.25) is 0 Å². The molecule has 2 heterocycles. The van der Waals surface area contributed by atoms with E-state index in [4.69, 9.17) is 0 Å². The van der Waals surface area contributed by atoms with Gasteiger partial charge < -0.3 is 4.98 Å². The summed E-state index contributed by atoms with van der Waals surface area (Å²) in [6.07, 6.45) is 1.45. The zero-order valence-electron chi connectivity index (χ0n) is 5.34. The quantitative estimate of drug-likeness (QED) is 0.449. The monoisotopic (exact) mass is 152 g/mol. The lowest BCUT2D eigenvalue weighted by atomic mass is 10.5. The van der Waals surface area contributed by atoms with Crippen LogP contribution < -0.4 is 11.2 Å². The van der Waals surface area contributed by atoms with Gasteiger partial charge >= 0.3 is 5.69 Å². The molecular formula is C5H4N4O2. The second-order valence-electron chi connectivity index (χ2n) is 2.06. The van der Waals surface area contributed by atoms with Gasteiger partial charge in [0.05, 0.1) is 5.52 Å². The highest BCUT2D eigenvalue weighted by molar-refractivity contribution is 5.70. The second-order valence-corrected chi connectivity index (χ2v) is 2.06. The Kier molecular flexibility index (Phi) is 0.974. The minimum atomic E-state index is -0.524. The molecule has 0 radical (unpaired) electrons. The molecule has 56 valence electrons. The van der Waals surface area contributed by atoms with E-state index in [1.807, 2.05) is 0 Å². The molecular weight excluding hydrogens is 148 g/mol. The second kappa shape index (κ2) is 1.82. The van der Waals surface area contributed by atoms with Crippen molar-refractivity contribution in [2.75, 3.05) is 0 Å². The average Bonchev–Trinajstić information content (AvgIpc) is 2.34. The van der Waals surface area contributed by atoms with Crippen LogP contribution in [0.4, 0.5) is 0 Å². The molecule has 0 aromatic carbocycles. The zero-order valence-corrected chi connectivity index (χ0v) is 5.34. The maximum Gasteiger partial charge on any atom is 0.326 e. The van der Waals surface area contributed by atoms with Gasteiger partial charge in [0.1, 0.15) is 0 Å². The normalized spacial score (nSPS) is 10.5. The minimum Gasteiger partial charge on any atom is -0.304 e. The van der Waals surface area contributed by atoms with Crippen molar-refractivity contribution < 1.29 is 0 Å². The Labute approximate surface area is 59.3 Å². The molecule has 0 bridgehead atoms. The fourth-order valence-electron chi connectivity index (χ4n) is 0.874. The summed E-state index contributed by atoms with van der Waals surface area (Å²) in [4.78, 5) is 26.0. The van der Waals surface area contributed by atoms with Gasteiger partial charge in [0, 0.05) is 6.20 Å². The van der Waals surface area contributed by atoms with E-state index in [9.17, 15) is 9.59 Å². The Morgan fingerprint density at radius 1 is 1.27 bits per heavy atom. The summed E-state index contributed by atoms with van der Waals surface area (Å²) in [6, 6.07) is 0. The lowest BCUT2D eigenvalue weighted by Gasteiger charge is -1.82. The lowest BCUT2D eigenvalue weighted by molar-refractivity contribution is 1.06. The number of hydrogen-bond acceptors (Lipinski definition) is 3. The Hall–Kier alpha value is -1.85. The van der Waals surface area contributed by atoms with Crippen LogP contribution in [0.1, 0.15) is 0 Å². The molecule has 3 N–H and O–H groups in total. The van der Waals surface area contributed by atoms with Crippen LogP contribution in [-0.4, -0.2) is 20.2 Å². The predicted octanol–water partition coefficient (Wildman–Crippen LogP) is -1.06. The van der Waals surface area contributed by atoms with Gasteiger partial charge in [-0.05, 0) is 0 Å². The minimum absolute atomic E-state index is 0.213. The van der Waals surface area contributed by atoms with Gasteiger partial charge in [-0.3, -0.25) is 14.9 Å². The standard InChI is InChI=1S/C5H4N4O2/c10-4-3-2(1-6-9-3)7-5(11)8-4/h1H,(H,6,9)(H2,7,8,10,11). The van der Waals surface area contributed by atoms with Crippen molar-refractivity contribution >= 4 is 11.0 Å². The van der Waals surface area contributed by atoms with Gasteiger partial charge in [-0.2, -0.15) is 5.10 Å². The Morgan fingerprint density at radius 2 is 2.09 bits per heavy atom. The number of nitrogens with zero attached hydrogens (tertiary/aromatic N) is 1. The first-order chi connectivity index (χ1) is 5.27. The zero-order chi connectivity index (χ0) is 7.84. The van der Waals surface area contributed by atoms with Crippen LogP contribution in [0.5, 0.6) is 0 Å². The molecule has 2 aromatic heterocycles. The first-order valence-corrected chi connectivity index (χ1v) is 2.93. The Bertz CT molecular complexity index is 491. The molecule has 6 heteroatoms. The smallest absolute Gasteiger partial charge is 0.304 e. The van der Waals surface area contributed by atoms with Crippen LogP contribution in [0, 0.1) is 0 Å². The van der Waals surface area contributed by atoms with Crippen molar-refractivity contribution in [3.63, 3.8) is 0 Å². The van der Waals surface area contributed by atoms with Crippen LogP contribution in [0.3, 0.4) is 0 Å². The summed E-state index contributed by atoms with van der Waals surface area (Å²) < 4.78 is 0. The molecule has 0 amide bonds. The van der Waals surface area contributed by atoms with Crippen molar-refractivity contribution in [2.45, 2.75) is 0 Å². The van der Waals surface area contributed by atoms with Gasteiger partial charge in [0.2, 0.25) is 0 Å². The maximum absolute atomic E-state index is 10.9. The molecule has 0 spiro atoms. The number of aromatic amines is 3. The first-order valence-electron chi connectivity index (χ1n) is 2.93. The van der Waals surface area contributed by atoms with Crippen molar-refractivity contribution in [3.05, 3.63) is 27.0 Å². The fraction of sp³-hybridized carbons (Fsp3) is 0. The third-order valence-electron chi connectivity index (χ3n) is 1.33. The number of hydrogen-bond donors (Lipinski definition) is 3. The predicted molar refractivity (Wildman–Crippen MR) is 37.3 cm³/mol. The van der Waals surface area contributed by atoms with E-state index >= 15 is 0 Å². The molecule has 0 saturated carbocycles. The largest absolute Gasteiger partial charge is 0.326 e. The van der Waals surface area contributed by atoms with E-state index in [0.717, 1.165) is 0 Å². The van der Waals surface area contributed by atoms with Crippen LogP contribution in [-0.2, 0) is 0 Å². The highest BCUT2D eigenvalue weighted by Crippen LogP contribution is 1.94. The van der Waals surface area contributed by atoms with Crippen molar-refractivity contribution in [1.82, 2.24) is 20.2 Å². The van der Waals surface area contributed by atoms with E-state index in [2.05, 4.69) is 20.2 Å². The molecule has 0 atom stereocenters. The van der Waals surface area contributed by atoms with Crippen molar-refractivity contribution in [1.29, 1.82) is 0 Å². The molecule has 0 aliphatic rings. The molecule has 0 aliphatic heterocycles. The SMILES string of the molecule is O=c1[nH]c(=O)c2n[nH]cc2[nH]1. The highest BCUT2D eigenvalue weighted by atomic mass is 16.2. The number of aromatic nitrogens is 4. The summed E-state index contributed by atoms with van der Waals surface area (Å²) in [5, 5.41) is 6.09. The Morgan fingerprint density at radius 3 is 2.91 bits per heavy atom. The maximum atomic E-state index is 10.9. The molecule has 2 rings (SSSR count). The van der Waals surface area contributed by atoms with Gasteiger partial charge in [0.25, 0.3) is 5.56 Å². The molecule has 0 fully saturated rings. The first kappa shape index (κ1) is 5.90. The van der Waals surface area contributed by atoms with E-state index in [0.29, 0.717) is 5.52 Å².